The number of amides is 2. The zero-order valence-corrected chi connectivity index (χ0v) is 16.5. The van der Waals surface area contributed by atoms with Gasteiger partial charge in [-0.05, 0) is 36.0 Å². The van der Waals surface area contributed by atoms with E-state index in [0.29, 0.717) is 19.4 Å². The molecule has 2 heterocycles. The first-order chi connectivity index (χ1) is 12.2. The van der Waals surface area contributed by atoms with Crippen molar-refractivity contribution in [2.24, 2.45) is 5.41 Å². The lowest BCUT2D eigenvalue weighted by Gasteiger charge is -2.35. The van der Waals surface area contributed by atoms with Gasteiger partial charge in [-0.15, -0.1) is 0 Å². The summed E-state index contributed by atoms with van der Waals surface area (Å²) in [6.07, 6.45) is 0.882. The summed E-state index contributed by atoms with van der Waals surface area (Å²) in [5.74, 6) is -0.0861. The molecule has 5 heteroatoms. The predicted octanol–water partition coefficient (Wildman–Crippen LogP) is 2.38. The zero-order chi connectivity index (χ0) is 18.9. The molecule has 3 rings (SSSR count). The molecule has 0 unspecified atom stereocenters. The molecule has 5 nitrogen and oxygen atoms in total. The number of carbonyl (C=O) groups excluding carboxylic acids is 2. The van der Waals surface area contributed by atoms with Crippen molar-refractivity contribution in [2.45, 2.75) is 53.6 Å². The fraction of sp³-hybridized carbons (Fsp3) is 0.619. The average Bonchev–Trinajstić information content (AvgIpc) is 2.54. The molecular formula is C21H31N3O2. The minimum Gasteiger partial charge on any atom is -0.314 e. The van der Waals surface area contributed by atoms with Crippen LogP contribution in [0.2, 0.25) is 0 Å². The third kappa shape index (κ3) is 4.33. The van der Waals surface area contributed by atoms with Crippen LogP contribution in [0.15, 0.2) is 12.1 Å². The number of benzene rings is 1. The lowest BCUT2D eigenvalue weighted by Crippen LogP contribution is -2.46. The SMILES string of the molecule is Cc1cc(C)c(CN2CCNCC2)c(CN2C(=O)CC(C)(C)CC2=O)c1. The number of aryl methyl sites for hydroxylation is 2. The normalized spacial score (nSPS) is 21.3. The molecule has 1 aromatic rings. The van der Waals surface area contributed by atoms with Crippen LogP contribution in [0.1, 0.15) is 48.9 Å². The first-order valence-electron chi connectivity index (χ1n) is 9.60. The van der Waals surface area contributed by atoms with Crippen molar-refractivity contribution in [3.8, 4) is 0 Å². The van der Waals surface area contributed by atoms with E-state index in [-0.39, 0.29) is 17.2 Å². The average molecular weight is 357 g/mol. The number of nitrogens with zero attached hydrogens (tertiary/aromatic N) is 2. The van der Waals surface area contributed by atoms with Crippen LogP contribution in [0, 0.1) is 19.3 Å². The van der Waals surface area contributed by atoms with Crippen LogP contribution in [0.4, 0.5) is 0 Å². The maximum absolute atomic E-state index is 12.6. The van der Waals surface area contributed by atoms with Gasteiger partial charge < -0.3 is 5.32 Å². The molecule has 0 saturated carbocycles. The van der Waals surface area contributed by atoms with Gasteiger partial charge in [-0.3, -0.25) is 19.4 Å². The van der Waals surface area contributed by atoms with Crippen molar-refractivity contribution in [2.75, 3.05) is 26.2 Å². The number of piperidine rings is 1. The van der Waals surface area contributed by atoms with Crippen LogP contribution in [0.5, 0.6) is 0 Å². The predicted molar refractivity (Wildman–Crippen MR) is 103 cm³/mol. The zero-order valence-electron chi connectivity index (χ0n) is 16.5. The number of rotatable bonds is 4. The summed E-state index contributed by atoms with van der Waals surface area (Å²) in [4.78, 5) is 29.1. The van der Waals surface area contributed by atoms with Gasteiger partial charge in [-0.25, -0.2) is 0 Å². The van der Waals surface area contributed by atoms with E-state index in [1.54, 1.807) is 0 Å². The third-order valence-electron chi connectivity index (χ3n) is 5.49. The highest BCUT2D eigenvalue weighted by Gasteiger charge is 2.37. The summed E-state index contributed by atoms with van der Waals surface area (Å²) in [5.41, 5.74) is 4.58. The van der Waals surface area contributed by atoms with Crippen molar-refractivity contribution < 1.29 is 9.59 Å². The molecule has 1 aromatic carbocycles. The van der Waals surface area contributed by atoms with Crippen LogP contribution in [0.3, 0.4) is 0 Å². The Bertz CT molecular complexity index is 685. The molecule has 0 spiro atoms. The molecule has 2 fully saturated rings. The summed E-state index contributed by atoms with van der Waals surface area (Å²) >= 11 is 0. The van der Waals surface area contributed by atoms with Gasteiger partial charge >= 0.3 is 0 Å². The summed E-state index contributed by atoms with van der Waals surface area (Å²) in [7, 11) is 0. The van der Waals surface area contributed by atoms with Gasteiger partial charge in [0.05, 0.1) is 6.54 Å². The monoisotopic (exact) mass is 357 g/mol. The Kier molecular flexibility index (Phi) is 5.49. The van der Waals surface area contributed by atoms with Gasteiger partial charge in [0.2, 0.25) is 11.8 Å². The van der Waals surface area contributed by atoms with Gasteiger partial charge in [0.1, 0.15) is 0 Å². The first kappa shape index (κ1) is 19.1. The van der Waals surface area contributed by atoms with Gasteiger partial charge in [-0.2, -0.15) is 0 Å². The van der Waals surface area contributed by atoms with Crippen molar-refractivity contribution >= 4 is 11.8 Å². The van der Waals surface area contributed by atoms with Crippen LogP contribution < -0.4 is 5.32 Å². The summed E-state index contributed by atoms with van der Waals surface area (Å²) in [6, 6.07) is 4.34. The molecular weight excluding hydrogens is 326 g/mol. The second-order valence-corrected chi connectivity index (χ2v) is 8.64. The van der Waals surface area contributed by atoms with Crippen molar-refractivity contribution in [1.29, 1.82) is 0 Å². The van der Waals surface area contributed by atoms with Gasteiger partial charge in [-0.1, -0.05) is 31.5 Å². The van der Waals surface area contributed by atoms with E-state index in [2.05, 4.69) is 36.2 Å². The van der Waals surface area contributed by atoms with E-state index in [0.717, 1.165) is 38.3 Å². The Labute approximate surface area is 156 Å². The van der Waals surface area contributed by atoms with Crippen LogP contribution >= 0.6 is 0 Å². The molecule has 0 bridgehead atoms. The molecule has 0 aromatic heterocycles. The Balaban J connectivity index is 1.84. The smallest absolute Gasteiger partial charge is 0.230 e. The molecule has 2 saturated heterocycles. The maximum Gasteiger partial charge on any atom is 0.230 e. The summed E-state index contributed by atoms with van der Waals surface area (Å²) in [5, 5.41) is 3.38. The first-order valence-corrected chi connectivity index (χ1v) is 9.60. The fourth-order valence-corrected chi connectivity index (χ4v) is 4.10. The number of nitrogens with one attached hydrogen (secondary N) is 1. The minimum atomic E-state index is -0.225. The molecule has 142 valence electrons. The second kappa shape index (κ2) is 7.49. The number of likely N-dealkylation sites (tertiary alicyclic amines) is 1. The Morgan fingerprint density at radius 3 is 2.23 bits per heavy atom. The minimum absolute atomic E-state index is 0.0430. The Morgan fingerprint density at radius 1 is 1.00 bits per heavy atom. The van der Waals surface area contributed by atoms with E-state index in [9.17, 15) is 9.59 Å². The highest BCUT2D eigenvalue weighted by Crippen LogP contribution is 2.33. The molecule has 1 N–H and O–H groups in total. The molecule has 2 aliphatic heterocycles. The highest BCUT2D eigenvalue weighted by atomic mass is 16.2. The van der Waals surface area contributed by atoms with E-state index >= 15 is 0 Å². The molecule has 0 atom stereocenters. The van der Waals surface area contributed by atoms with Crippen LogP contribution in [-0.4, -0.2) is 47.8 Å². The van der Waals surface area contributed by atoms with E-state index < -0.39 is 0 Å². The van der Waals surface area contributed by atoms with Crippen molar-refractivity contribution in [3.63, 3.8) is 0 Å². The number of carbonyl (C=O) groups is 2. The molecule has 0 radical (unpaired) electrons. The quantitative estimate of drug-likeness (QED) is 0.841. The Morgan fingerprint density at radius 2 is 1.62 bits per heavy atom. The summed E-state index contributed by atoms with van der Waals surface area (Å²) in [6.45, 7) is 13.6. The number of piperazine rings is 1. The van der Waals surface area contributed by atoms with Gasteiger partial charge in [0.15, 0.2) is 0 Å². The summed E-state index contributed by atoms with van der Waals surface area (Å²) < 4.78 is 0. The largest absolute Gasteiger partial charge is 0.314 e. The topological polar surface area (TPSA) is 52.6 Å². The maximum atomic E-state index is 12.6. The molecule has 2 aliphatic rings. The van der Waals surface area contributed by atoms with Crippen LogP contribution in [-0.2, 0) is 22.7 Å². The van der Waals surface area contributed by atoms with Crippen LogP contribution in [0.25, 0.3) is 0 Å². The van der Waals surface area contributed by atoms with Crippen molar-refractivity contribution in [1.82, 2.24) is 15.1 Å². The number of imide groups is 1. The lowest BCUT2D eigenvalue weighted by atomic mass is 9.81. The van der Waals surface area contributed by atoms with Gasteiger partial charge in [0, 0.05) is 45.6 Å². The van der Waals surface area contributed by atoms with E-state index in [1.807, 2.05) is 13.8 Å². The second-order valence-electron chi connectivity index (χ2n) is 8.64. The molecule has 26 heavy (non-hydrogen) atoms. The van der Waals surface area contributed by atoms with E-state index in [1.165, 1.54) is 21.6 Å². The van der Waals surface area contributed by atoms with Gasteiger partial charge in [0.25, 0.3) is 0 Å². The Hall–Kier alpha value is -1.72. The molecule has 0 aliphatic carbocycles. The molecule has 2 amide bonds. The standard InChI is InChI=1S/C21H31N3O2/c1-15-9-16(2)18(14-23-7-5-22-6-8-23)17(10-15)13-24-19(25)11-21(3,4)12-20(24)26/h9-10,22H,5-8,11-14H2,1-4H3. The lowest BCUT2D eigenvalue weighted by molar-refractivity contribution is -0.153. The third-order valence-corrected chi connectivity index (χ3v) is 5.49. The fourth-order valence-electron chi connectivity index (χ4n) is 4.10. The highest BCUT2D eigenvalue weighted by molar-refractivity contribution is 5.98. The number of hydrogen-bond acceptors (Lipinski definition) is 4. The van der Waals surface area contributed by atoms with E-state index in [4.69, 9.17) is 0 Å². The number of hydrogen-bond donors (Lipinski definition) is 1. The van der Waals surface area contributed by atoms with Crippen molar-refractivity contribution in [3.05, 3.63) is 34.4 Å².